The number of halogens is 3. The SMILES string of the molecule is COc1ccc(-c2cc(C(F)F)nn2-c2ccc(S(N)=O)cc2)cc1F. The number of methoxy groups -OCH3 is 1. The number of benzene rings is 2. The van der Waals surface area contributed by atoms with Crippen LogP contribution in [0.2, 0.25) is 0 Å². The molecule has 0 fully saturated rings. The summed E-state index contributed by atoms with van der Waals surface area (Å²) >= 11 is 0. The lowest BCUT2D eigenvalue weighted by Gasteiger charge is -2.09. The van der Waals surface area contributed by atoms with Crippen LogP contribution in [0, 0.1) is 5.82 Å². The summed E-state index contributed by atoms with van der Waals surface area (Å²) in [5.74, 6) is -0.575. The Balaban J connectivity index is 2.13. The Hall–Kier alpha value is -2.65. The lowest BCUT2D eigenvalue weighted by molar-refractivity contribution is 0.145. The average molecular weight is 381 g/mol. The fourth-order valence-corrected chi connectivity index (χ4v) is 2.86. The van der Waals surface area contributed by atoms with Crippen LogP contribution in [0.3, 0.4) is 0 Å². The lowest BCUT2D eigenvalue weighted by atomic mass is 10.1. The molecular formula is C17H14F3N3O2S. The van der Waals surface area contributed by atoms with Crippen LogP contribution in [0.1, 0.15) is 12.1 Å². The van der Waals surface area contributed by atoms with Crippen LogP contribution in [0.4, 0.5) is 13.2 Å². The van der Waals surface area contributed by atoms with Crippen molar-refractivity contribution < 1.29 is 22.1 Å². The van der Waals surface area contributed by atoms with Gasteiger partial charge in [0.2, 0.25) is 0 Å². The summed E-state index contributed by atoms with van der Waals surface area (Å²) in [4.78, 5) is 0.382. The Morgan fingerprint density at radius 3 is 2.38 bits per heavy atom. The predicted molar refractivity (Wildman–Crippen MR) is 91.1 cm³/mol. The van der Waals surface area contributed by atoms with Gasteiger partial charge in [0.25, 0.3) is 6.43 Å². The zero-order valence-electron chi connectivity index (χ0n) is 13.5. The maximum Gasteiger partial charge on any atom is 0.282 e. The molecule has 2 N–H and O–H groups in total. The van der Waals surface area contributed by atoms with E-state index in [9.17, 15) is 17.4 Å². The fraction of sp³-hybridized carbons (Fsp3) is 0.118. The zero-order valence-corrected chi connectivity index (χ0v) is 14.3. The molecule has 9 heteroatoms. The molecule has 3 aromatic rings. The van der Waals surface area contributed by atoms with Crippen molar-refractivity contribution in [3.63, 3.8) is 0 Å². The molecule has 3 rings (SSSR count). The van der Waals surface area contributed by atoms with Gasteiger partial charge in [-0.2, -0.15) is 5.10 Å². The van der Waals surface area contributed by atoms with Crippen LogP contribution in [0.25, 0.3) is 16.9 Å². The van der Waals surface area contributed by atoms with Gasteiger partial charge in [0, 0.05) is 5.56 Å². The summed E-state index contributed by atoms with van der Waals surface area (Å²) in [5, 5.41) is 9.22. The van der Waals surface area contributed by atoms with Crippen LogP contribution < -0.4 is 9.88 Å². The maximum atomic E-state index is 14.0. The van der Waals surface area contributed by atoms with Gasteiger partial charge in [-0.05, 0) is 48.5 Å². The molecule has 1 heterocycles. The minimum atomic E-state index is -2.78. The first-order valence-corrected chi connectivity index (χ1v) is 8.60. The van der Waals surface area contributed by atoms with Crippen LogP contribution in [-0.4, -0.2) is 21.1 Å². The first kappa shape index (κ1) is 18.2. The molecule has 0 saturated carbocycles. The van der Waals surface area contributed by atoms with Crippen molar-refractivity contribution in [1.82, 2.24) is 9.78 Å². The van der Waals surface area contributed by atoms with Gasteiger partial charge in [-0.1, -0.05) is 0 Å². The highest BCUT2D eigenvalue weighted by Gasteiger charge is 2.19. The molecule has 5 nitrogen and oxygen atoms in total. The number of nitrogens with zero attached hydrogens (tertiary/aromatic N) is 2. The third-order valence-corrected chi connectivity index (χ3v) is 4.45. The Morgan fingerprint density at radius 1 is 1.15 bits per heavy atom. The van der Waals surface area contributed by atoms with E-state index in [-0.39, 0.29) is 11.4 Å². The topological polar surface area (TPSA) is 70.1 Å². The molecule has 0 amide bonds. The predicted octanol–water partition coefficient (Wildman–Crippen LogP) is 3.61. The summed E-state index contributed by atoms with van der Waals surface area (Å²) in [7, 11) is -0.324. The molecule has 2 aromatic carbocycles. The number of aromatic nitrogens is 2. The zero-order chi connectivity index (χ0) is 18.8. The van der Waals surface area contributed by atoms with Crippen molar-refractivity contribution in [3.05, 3.63) is 60.0 Å². The Kier molecular flexibility index (Phi) is 5.10. The van der Waals surface area contributed by atoms with Crippen molar-refractivity contribution in [2.45, 2.75) is 11.3 Å². The number of hydrogen-bond acceptors (Lipinski definition) is 3. The average Bonchev–Trinajstić information content (AvgIpc) is 3.07. The highest BCUT2D eigenvalue weighted by Crippen LogP contribution is 2.30. The molecule has 0 aliphatic carbocycles. The Morgan fingerprint density at radius 2 is 1.85 bits per heavy atom. The van der Waals surface area contributed by atoms with Crippen LogP contribution in [0.15, 0.2) is 53.4 Å². The molecular weight excluding hydrogens is 367 g/mol. The molecule has 0 radical (unpaired) electrons. The number of rotatable bonds is 5. The third-order valence-electron chi connectivity index (χ3n) is 3.71. The number of hydrogen-bond donors (Lipinski definition) is 1. The molecule has 0 saturated heterocycles. The van der Waals surface area contributed by atoms with Gasteiger partial charge in [-0.15, -0.1) is 0 Å². The second-order valence-electron chi connectivity index (χ2n) is 5.31. The van der Waals surface area contributed by atoms with Crippen LogP contribution in [0.5, 0.6) is 5.75 Å². The summed E-state index contributed by atoms with van der Waals surface area (Å²) in [5.41, 5.74) is 0.637. The Labute approximate surface area is 149 Å². The van der Waals surface area contributed by atoms with Gasteiger partial charge in [0.15, 0.2) is 11.6 Å². The largest absolute Gasteiger partial charge is 0.494 e. The van der Waals surface area contributed by atoms with E-state index in [1.807, 2.05) is 0 Å². The normalized spacial score (nSPS) is 12.4. The number of ether oxygens (including phenoxy) is 1. The molecule has 26 heavy (non-hydrogen) atoms. The van der Waals surface area contributed by atoms with Gasteiger partial charge in [0.1, 0.15) is 16.7 Å². The highest BCUT2D eigenvalue weighted by molar-refractivity contribution is 7.82. The molecule has 0 aliphatic heterocycles. The second kappa shape index (κ2) is 7.30. The maximum absolute atomic E-state index is 14.0. The minimum Gasteiger partial charge on any atom is -0.494 e. The first-order valence-electron chi connectivity index (χ1n) is 7.39. The fourth-order valence-electron chi connectivity index (χ4n) is 2.46. The second-order valence-corrected chi connectivity index (χ2v) is 6.37. The smallest absolute Gasteiger partial charge is 0.282 e. The molecule has 0 spiro atoms. The summed E-state index contributed by atoms with van der Waals surface area (Å²) in [6.07, 6.45) is -2.78. The van der Waals surface area contributed by atoms with Crippen molar-refractivity contribution in [3.8, 4) is 22.7 Å². The van der Waals surface area contributed by atoms with Crippen molar-refractivity contribution in [2.24, 2.45) is 5.14 Å². The van der Waals surface area contributed by atoms with E-state index in [1.165, 1.54) is 42.1 Å². The number of nitrogens with two attached hydrogens (primary N) is 1. The summed E-state index contributed by atoms with van der Waals surface area (Å²) < 4.78 is 57.7. The first-order chi connectivity index (χ1) is 12.4. The summed E-state index contributed by atoms with van der Waals surface area (Å²) in [6.45, 7) is 0. The molecule has 1 aromatic heterocycles. The third kappa shape index (κ3) is 3.49. The van der Waals surface area contributed by atoms with Crippen LogP contribution >= 0.6 is 0 Å². The Bertz CT molecular complexity index is 958. The van der Waals surface area contributed by atoms with Crippen molar-refractivity contribution in [2.75, 3.05) is 7.11 Å². The lowest BCUT2D eigenvalue weighted by Crippen LogP contribution is -2.04. The quantitative estimate of drug-likeness (QED) is 0.734. The van der Waals surface area contributed by atoms with E-state index in [1.54, 1.807) is 18.2 Å². The standard InChI is InChI=1S/C17H14F3N3O2S/c1-25-16-7-2-10(8-13(16)18)15-9-14(17(19)20)22-23(15)11-3-5-12(6-4-11)26(21)24/h2-9,17H,21H2,1H3. The summed E-state index contributed by atoms with van der Waals surface area (Å²) in [6, 6.07) is 11.4. The van der Waals surface area contributed by atoms with E-state index < -0.39 is 28.9 Å². The van der Waals surface area contributed by atoms with Gasteiger partial charge >= 0.3 is 0 Å². The monoisotopic (exact) mass is 381 g/mol. The highest BCUT2D eigenvalue weighted by atomic mass is 32.2. The van der Waals surface area contributed by atoms with Crippen molar-refractivity contribution in [1.29, 1.82) is 0 Å². The molecule has 136 valence electrons. The molecule has 0 aliphatic rings. The molecule has 1 atom stereocenters. The molecule has 1 unspecified atom stereocenters. The van der Waals surface area contributed by atoms with Gasteiger partial charge < -0.3 is 4.74 Å². The van der Waals surface area contributed by atoms with E-state index >= 15 is 0 Å². The van der Waals surface area contributed by atoms with Gasteiger partial charge in [-0.3, -0.25) is 0 Å². The minimum absolute atomic E-state index is 0.0451. The number of alkyl halides is 2. The van der Waals surface area contributed by atoms with Crippen LogP contribution in [-0.2, 0) is 11.0 Å². The van der Waals surface area contributed by atoms with Gasteiger partial charge in [-0.25, -0.2) is 27.2 Å². The van der Waals surface area contributed by atoms with E-state index in [0.29, 0.717) is 16.1 Å². The van der Waals surface area contributed by atoms with Gasteiger partial charge in [0.05, 0.1) is 23.4 Å². The van der Waals surface area contributed by atoms with Crippen molar-refractivity contribution >= 4 is 11.0 Å². The van der Waals surface area contributed by atoms with E-state index in [2.05, 4.69) is 5.10 Å². The van der Waals surface area contributed by atoms with E-state index in [4.69, 9.17) is 9.88 Å². The van der Waals surface area contributed by atoms with E-state index in [0.717, 1.165) is 0 Å². The molecule has 0 bridgehead atoms.